The molecule has 1 heterocycles. The molecule has 6 atom stereocenters. The number of likely N-dealkylation sites (N-methyl/N-ethyl adjacent to an activating group) is 1. The Morgan fingerprint density at radius 2 is 1.67 bits per heavy atom. The third kappa shape index (κ3) is 9.30. The molecule has 318 valence electrons. The van der Waals surface area contributed by atoms with Gasteiger partial charge in [0.1, 0.15) is 29.9 Å². The zero-order chi connectivity index (χ0) is 42.9. The van der Waals surface area contributed by atoms with Crippen molar-refractivity contribution in [3.63, 3.8) is 0 Å². The summed E-state index contributed by atoms with van der Waals surface area (Å²) < 4.78 is 20.9. The zero-order valence-corrected chi connectivity index (χ0v) is 35.5. The lowest BCUT2D eigenvalue weighted by atomic mass is 9.55. The fourth-order valence-electron chi connectivity index (χ4n) is 9.50. The van der Waals surface area contributed by atoms with Gasteiger partial charge in [0.2, 0.25) is 5.79 Å². The molecule has 3 aliphatic rings. The Bertz CT molecular complexity index is 2270. The number of nitrogens with zero attached hydrogens (tertiary/aromatic N) is 3. The van der Waals surface area contributed by atoms with E-state index in [1.54, 1.807) is 42.3 Å². The Morgan fingerprint density at radius 3 is 2.38 bits per heavy atom. The first kappa shape index (κ1) is 43.4. The lowest BCUT2D eigenvalue weighted by Crippen LogP contribution is -2.69. The average molecular weight is 824 g/mol. The highest BCUT2D eigenvalue weighted by molar-refractivity contribution is 6.03. The van der Waals surface area contributed by atoms with E-state index in [1.165, 1.54) is 5.56 Å². The second-order valence-corrected chi connectivity index (χ2v) is 16.5. The molecule has 61 heavy (non-hydrogen) atoms. The van der Waals surface area contributed by atoms with Crippen molar-refractivity contribution in [1.82, 2.24) is 4.90 Å². The lowest BCUT2D eigenvalue weighted by molar-refractivity contribution is -0.252. The first-order chi connectivity index (χ1) is 29.7. The van der Waals surface area contributed by atoms with E-state index >= 15 is 0 Å². The van der Waals surface area contributed by atoms with Crippen molar-refractivity contribution in [3.8, 4) is 23.3 Å². The summed E-state index contributed by atoms with van der Waals surface area (Å²) in [5, 5.41) is 34.3. The molecule has 7 rings (SSSR count). The van der Waals surface area contributed by atoms with Crippen LogP contribution in [0.4, 0.5) is 0 Å². The lowest BCUT2D eigenvalue weighted by Gasteiger charge is -2.59. The van der Waals surface area contributed by atoms with Crippen LogP contribution >= 0.6 is 0 Å². The quantitative estimate of drug-likeness (QED) is 0.0576. The molecule has 0 bridgehead atoms. The number of ether oxygens (including phenoxy) is 3. The number of allylic oxidation sites excluding steroid dienone is 1. The summed E-state index contributed by atoms with van der Waals surface area (Å²) in [6, 6.07) is 30.0. The van der Waals surface area contributed by atoms with Gasteiger partial charge in [0, 0.05) is 43.7 Å². The summed E-state index contributed by atoms with van der Waals surface area (Å²) in [7, 11) is 1.77. The molecule has 2 aliphatic carbocycles. The molecular formula is C51H57N3O7. The number of aliphatic hydroxyl groups excluding tert-OH is 2. The van der Waals surface area contributed by atoms with Gasteiger partial charge in [-0.15, -0.1) is 6.58 Å². The van der Waals surface area contributed by atoms with Gasteiger partial charge in [-0.2, -0.15) is 5.26 Å². The van der Waals surface area contributed by atoms with Gasteiger partial charge in [-0.05, 0) is 128 Å². The summed E-state index contributed by atoms with van der Waals surface area (Å²) in [5.74, 6) is -0.104. The summed E-state index contributed by atoms with van der Waals surface area (Å²) >= 11 is 0. The minimum atomic E-state index is -1.39. The monoisotopic (exact) mass is 823 g/mol. The molecule has 1 fully saturated rings. The first-order valence-electron chi connectivity index (χ1n) is 21.5. The predicted octanol–water partition coefficient (Wildman–Crippen LogP) is 9.57. The van der Waals surface area contributed by atoms with Crippen LogP contribution in [0.1, 0.15) is 89.0 Å². The second kappa shape index (κ2) is 19.8. The highest BCUT2D eigenvalue weighted by Gasteiger charge is 2.65. The fourth-order valence-corrected chi connectivity index (χ4v) is 9.50. The number of nitriles is 1. The summed E-state index contributed by atoms with van der Waals surface area (Å²) in [6.07, 6.45) is 8.94. The first-order valence-corrected chi connectivity index (χ1v) is 21.5. The van der Waals surface area contributed by atoms with Crippen molar-refractivity contribution >= 4 is 11.6 Å². The SMILES string of the molecule is C=CCO[C@@]12Oc3ccc(Oc4ccc(C)c(C)c4)cc3[C@H]3[C@H](CCCCO)[C@@H](CCCCO)C=C(C(=NOCc4ccccc4)C[C@@H]1N(C)C(=O)c1ccc(C#N)cc1)[C@H]32. The maximum absolute atomic E-state index is 14.6. The molecule has 0 unspecified atom stereocenters. The van der Waals surface area contributed by atoms with Crippen molar-refractivity contribution in [3.05, 3.63) is 149 Å². The number of hydrogen-bond donors (Lipinski definition) is 2. The smallest absolute Gasteiger partial charge is 0.254 e. The molecule has 0 radical (unpaired) electrons. The van der Waals surface area contributed by atoms with E-state index < -0.39 is 17.7 Å². The van der Waals surface area contributed by atoms with Crippen molar-refractivity contribution in [2.24, 2.45) is 22.9 Å². The van der Waals surface area contributed by atoms with Crippen LogP contribution in [0.15, 0.2) is 120 Å². The Kier molecular flexibility index (Phi) is 14.1. The predicted molar refractivity (Wildman–Crippen MR) is 235 cm³/mol. The molecule has 2 N–H and O–H groups in total. The molecule has 1 aliphatic heterocycles. The van der Waals surface area contributed by atoms with Crippen molar-refractivity contribution < 1.29 is 34.1 Å². The third-order valence-corrected chi connectivity index (χ3v) is 12.7. The van der Waals surface area contributed by atoms with E-state index in [1.807, 2.05) is 54.6 Å². The molecule has 10 nitrogen and oxygen atoms in total. The fraction of sp³-hybridized carbons (Fsp3) is 0.392. The van der Waals surface area contributed by atoms with Gasteiger partial charge in [0.05, 0.1) is 29.9 Å². The minimum absolute atomic E-state index is 0.0648. The largest absolute Gasteiger partial charge is 0.459 e. The molecule has 0 spiro atoms. The van der Waals surface area contributed by atoms with E-state index in [9.17, 15) is 20.3 Å². The van der Waals surface area contributed by atoms with Gasteiger partial charge in [0.15, 0.2) is 0 Å². The van der Waals surface area contributed by atoms with Crippen LogP contribution in [-0.4, -0.2) is 65.4 Å². The molecule has 0 saturated heterocycles. The maximum atomic E-state index is 14.6. The Hall–Kier alpha value is -5.73. The van der Waals surface area contributed by atoms with E-state index in [2.05, 4.69) is 44.7 Å². The summed E-state index contributed by atoms with van der Waals surface area (Å²) in [5.41, 5.74) is 6.82. The van der Waals surface area contributed by atoms with E-state index in [0.29, 0.717) is 41.2 Å². The number of carbonyl (C=O) groups is 1. The van der Waals surface area contributed by atoms with Crippen LogP contribution in [0.25, 0.3) is 0 Å². The maximum Gasteiger partial charge on any atom is 0.254 e. The normalized spacial score (nSPS) is 23.1. The number of aryl methyl sites for hydroxylation is 2. The molecule has 4 aromatic carbocycles. The van der Waals surface area contributed by atoms with E-state index in [4.69, 9.17) is 24.2 Å². The van der Waals surface area contributed by atoms with Gasteiger partial charge in [-0.25, -0.2) is 0 Å². The van der Waals surface area contributed by atoms with Gasteiger partial charge in [-0.3, -0.25) is 4.79 Å². The van der Waals surface area contributed by atoms with Crippen LogP contribution in [0.3, 0.4) is 0 Å². The minimum Gasteiger partial charge on any atom is -0.459 e. The van der Waals surface area contributed by atoms with Crippen LogP contribution in [0.2, 0.25) is 0 Å². The summed E-state index contributed by atoms with van der Waals surface area (Å²) in [6.45, 7) is 8.79. The molecule has 1 saturated carbocycles. The number of benzene rings is 4. The van der Waals surface area contributed by atoms with Gasteiger partial charge >= 0.3 is 0 Å². The van der Waals surface area contributed by atoms with Crippen molar-refractivity contribution in [2.45, 2.75) is 83.1 Å². The number of rotatable bonds is 18. The number of oxime groups is 1. The average Bonchev–Trinajstić information content (AvgIpc) is 3.28. The standard InChI is InChI=1S/C51H57N3O7/c1-5-27-58-51-47(54(4)50(57)38-20-18-36(32-52)19-21-38)31-45(53-59-33-37-13-7-6-8-14-37)43-29-39(15-9-11-25-55)42(16-10-12-26-56)48(49(43)51)44-30-41(23-24-46(44)61-51)60-40-22-17-34(2)35(3)28-40/h5-8,13-14,17-24,28-30,39,42,47-49,55-56H,1,9-12,15-16,25-27,31,33H2,2-4H3/t39-,42+,47-,48+,49+,51+/m0/s1. The Balaban J connectivity index is 1.42. The van der Waals surface area contributed by atoms with Crippen LogP contribution < -0.4 is 9.47 Å². The van der Waals surface area contributed by atoms with Gasteiger partial charge in [-0.1, -0.05) is 66.5 Å². The van der Waals surface area contributed by atoms with E-state index in [0.717, 1.165) is 53.7 Å². The number of carbonyl (C=O) groups excluding carboxylic acids is 1. The molecule has 10 heteroatoms. The Morgan fingerprint density at radius 1 is 0.951 bits per heavy atom. The molecule has 0 aromatic heterocycles. The van der Waals surface area contributed by atoms with Crippen LogP contribution in [0, 0.1) is 42.9 Å². The third-order valence-electron chi connectivity index (χ3n) is 12.7. The number of unbranched alkanes of at least 4 members (excludes halogenated alkanes) is 2. The number of amides is 1. The zero-order valence-electron chi connectivity index (χ0n) is 35.5. The number of fused-ring (bicyclic) bond motifs is 2. The van der Waals surface area contributed by atoms with E-state index in [-0.39, 0.29) is 56.5 Å². The molecular weight excluding hydrogens is 767 g/mol. The Labute approximate surface area is 359 Å². The van der Waals surface area contributed by atoms with Crippen molar-refractivity contribution in [1.29, 1.82) is 5.26 Å². The van der Waals surface area contributed by atoms with Gasteiger partial charge < -0.3 is 34.2 Å². The van der Waals surface area contributed by atoms with Crippen molar-refractivity contribution in [2.75, 3.05) is 26.9 Å². The number of hydrogen-bond acceptors (Lipinski definition) is 9. The van der Waals surface area contributed by atoms with Gasteiger partial charge in [0.25, 0.3) is 5.91 Å². The van der Waals surface area contributed by atoms with Crippen LogP contribution in [-0.2, 0) is 16.2 Å². The topological polar surface area (TPSA) is 134 Å². The molecule has 4 aromatic rings. The highest BCUT2D eigenvalue weighted by Crippen LogP contribution is 2.62. The second-order valence-electron chi connectivity index (χ2n) is 16.5. The number of aliphatic hydroxyl groups is 2. The highest BCUT2D eigenvalue weighted by atomic mass is 16.7. The summed E-state index contributed by atoms with van der Waals surface area (Å²) in [4.78, 5) is 22.5. The molecule has 1 amide bonds. The van der Waals surface area contributed by atoms with Crippen LogP contribution in [0.5, 0.6) is 17.2 Å².